The third-order valence-electron chi connectivity index (χ3n) is 3.65. The summed E-state index contributed by atoms with van der Waals surface area (Å²) in [6, 6.07) is 6.93. The van der Waals surface area contributed by atoms with Crippen molar-refractivity contribution >= 4 is 17.7 Å². The maximum atomic E-state index is 13.5. The van der Waals surface area contributed by atoms with Crippen LogP contribution in [0.2, 0.25) is 0 Å². The fourth-order valence-electron chi connectivity index (χ4n) is 2.22. The molecule has 0 bridgehead atoms. The van der Waals surface area contributed by atoms with Crippen LogP contribution in [0.3, 0.4) is 0 Å². The Bertz CT molecular complexity index is 502. The van der Waals surface area contributed by atoms with E-state index in [0.29, 0.717) is 5.75 Å². The van der Waals surface area contributed by atoms with Crippen LogP contribution in [-0.4, -0.2) is 70.6 Å². The normalized spacial score (nSPS) is 11.8. The van der Waals surface area contributed by atoms with E-state index in [0.717, 1.165) is 56.5 Å². The van der Waals surface area contributed by atoms with E-state index in [4.69, 9.17) is 4.74 Å². The molecule has 0 aliphatic carbocycles. The van der Waals surface area contributed by atoms with E-state index in [1.54, 1.807) is 32.0 Å². The highest BCUT2D eigenvalue weighted by atomic mass is 32.2. The number of nitrogens with one attached hydrogen (secondary N) is 2. The second-order valence-electron chi connectivity index (χ2n) is 5.72. The molecule has 0 unspecified atom stereocenters. The van der Waals surface area contributed by atoms with Crippen molar-refractivity contribution in [1.29, 1.82) is 0 Å². The maximum absolute atomic E-state index is 13.5. The minimum Gasteiger partial charge on any atom is -0.385 e. The summed E-state index contributed by atoms with van der Waals surface area (Å²) in [6.07, 6.45) is 1.04. The van der Waals surface area contributed by atoms with Gasteiger partial charge >= 0.3 is 0 Å². The number of thioether (sulfide) groups is 1. The lowest BCUT2D eigenvalue weighted by molar-refractivity contribution is 0.180. The van der Waals surface area contributed by atoms with Gasteiger partial charge in [0.05, 0.1) is 0 Å². The molecule has 25 heavy (non-hydrogen) atoms. The van der Waals surface area contributed by atoms with Crippen LogP contribution in [0.15, 0.2) is 29.3 Å². The van der Waals surface area contributed by atoms with Crippen molar-refractivity contribution in [3.63, 3.8) is 0 Å². The zero-order chi connectivity index (χ0) is 18.3. The predicted octanol–water partition coefficient (Wildman–Crippen LogP) is 2.19. The van der Waals surface area contributed by atoms with Crippen LogP contribution < -0.4 is 10.6 Å². The molecule has 0 aliphatic rings. The first-order valence-corrected chi connectivity index (χ1v) is 9.76. The average molecular weight is 371 g/mol. The largest absolute Gasteiger partial charge is 0.385 e. The van der Waals surface area contributed by atoms with Gasteiger partial charge in [0, 0.05) is 58.4 Å². The van der Waals surface area contributed by atoms with Crippen LogP contribution in [0.4, 0.5) is 4.39 Å². The van der Waals surface area contributed by atoms with Crippen LogP contribution >= 0.6 is 11.8 Å². The highest BCUT2D eigenvalue weighted by molar-refractivity contribution is 7.98. The van der Waals surface area contributed by atoms with Crippen molar-refractivity contribution in [2.75, 3.05) is 59.7 Å². The fraction of sp³-hybridized carbons (Fsp3) is 0.611. The van der Waals surface area contributed by atoms with Crippen LogP contribution in [0.1, 0.15) is 12.0 Å². The Morgan fingerprint density at radius 3 is 2.72 bits per heavy atom. The first kappa shape index (κ1) is 21.7. The minimum atomic E-state index is -0.130. The van der Waals surface area contributed by atoms with E-state index >= 15 is 0 Å². The molecular formula is C18H31FN4OS. The number of halogens is 1. The maximum Gasteiger partial charge on any atom is 0.191 e. The Kier molecular flexibility index (Phi) is 12.1. The number of hydrogen-bond donors (Lipinski definition) is 2. The summed E-state index contributed by atoms with van der Waals surface area (Å²) in [5.41, 5.74) is 0.756. The number of methoxy groups -OCH3 is 1. The monoisotopic (exact) mass is 370 g/mol. The Morgan fingerprint density at radius 2 is 2.00 bits per heavy atom. The van der Waals surface area contributed by atoms with Gasteiger partial charge in [-0.1, -0.05) is 18.2 Å². The van der Waals surface area contributed by atoms with Crippen LogP contribution in [0.5, 0.6) is 0 Å². The molecule has 1 aromatic rings. The number of aliphatic imine (C=N–C) groups is 1. The van der Waals surface area contributed by atoms with Gasteiger partial charge in [-0.2, -0.15) is 11.8 Å². The molecule has 0 amide bonds. The molecule has 1 aromatic carbocycles. The smallest absolute Gasteiger partial charge is 0.191 e. The van der Waals surface area contributed by atoms with Crippen molar-refractivity contribution in [3.8, 4) is 0 Å². The van der Waals surface area contributed by atoms with Gasteiger partial charge in [-0.15, -0.1) is 0 Å². The van der Waals surface area contributed by atoms with Crippen molar-refractivity contribution in [2.24, 2.45) is 4.99 Å². The summed E-state index contributed by atoms with van der Waals surface area (Å²) < 4.78 is 18.6. The van der Waals surface area contributed by atoms with Gasteiger partial charge in [0.2, 0.25) is 0 Å². The lowest BCUT2D eigenvalue weighted by atomic mass is 10.2. The number of hydrogen-bond acceptors (Lipinski definition) is 4. The summed E-state index contributed by atoms with van der Waals surface area (Å²) in [6.45, 7) is 4.40. The van der Waals surface area contributed by atoms with E-state index in [9.17, 15) is 4.39 Å². The number of benzene rings is 1. The molecule has 0 atom stereocenters. The van der Waals surface area contributed by atoms with Crippen LogP contribution in [0, 0.1) is 5.82 Å². The quantitative estimate of drug-likeness (QED) is 0.336. The number of nitrogens with zero attached hydrogens (tertiary/aromatic N) is 2. The number of ether oxygens (including phenoxy) is 1. The lowest BCUT2D eigenvalue weighted by Gasteiger charge is -2.18. The molecular weight excluding hydrogens is 339 g/mol. The fourth-order valence-corrected chi connectivity index (χ4v) is 3.06. The molecule has 5 nitrogen and oxygen atoms in total. The van der Waals surface area contributed by atoms with Gasteiger partial charge in [-0.05, 0) is 25.1 Å². The second-order valence-corrected chi connectivity index (χ2v) is 6.82. The molecule has 0 aliphatic heterocycles. The summed E-state index contributed by atoms with van der Waals surface area (Å²) in [5, 5.41) is 6.59. The third kappa shape index (κ3) is 10.3. The highest BCUT2D eigenvalue weighted by Crippen LogP contribution is 2.14. The second kappa shape index (κ2) is 13.9. The summed E-state index contributed by atoms with van der Waals surface area (Å²) in [7, 11) is 5.60. The first-order valence-electron chi connectivity index (χ1n) is 8.60. The van der Waals surface area contributed by atoms with Crippen LogP contribution in [-0.2, 0) is 10.5 Å². The molecule has 1 rings (SSSR count). The summed E-state index contributed by atoms with van der Waals surface area (Å²) in [5.74, 6) is 2.25. The topological polar surface area (TPSA) is 48.9 Å². The van der Waals surface area contributed by atoms with E-state index in [2.05, 4.69) is 27.6 Å². The molecule has 2 N–H and O–H groups in total. The predicted molar refractivity (Wildman–Crippen MR) is 106 cm³/mol. The number of guanidine groups is 1. The molecule has 0 saturated heterocycles. The SMILES string of the molecule is CN=C(NCCSCc1ccccc1F)NCCN(C)CCCOC. The zero-order valence-corrected chi connectivity index (χ0v) is 16.4. The Balaban J connectivity index is 2.09. The number of rotatable bonds is 12. The van der Waals surface area contributed by atoms with Gasteiger partial charge in [-0.25, -0.2) is 4.39 Å². The standard InChI is InChI=1S/C18H31FN4OS/c1-20-18(21-9-12-23(2)11-6-13-24-3)22-10-14-25-15-16-7-4-5-8-17(16)19/h4-5,7-8H,6,9-15H2,1-3H3,(H2,20,21,22). The molecule has 0 aromatic heterocycles. The molecule has 0 spiro atoms. The van der Waals surface area contributed by atoms with Crippen molar-refractivity contribution < 1.29 is 9.13 Å². The third-order valence-corrected chi connectivity index (χ3v) is 4.66. The minimum absolute atomic E-state index is 0.130. The molecule has 0 radical (unpaired) electrons. The van der Waals surface area contributed by atoms with Crippen molar-refractivity contribution in [1.82, 2.24) is 15.5 Å². The first-order chi connectivity index (χ1) is 12.2. The van der Waals surface area contributed by atoms with Gasteiger partial charge in [0.15, 0.2) is 5.96 Å². The average Bonchev–Trinajstić information content (AvgIpc) is 2.61. The van der Waals surface area contributed by atoms with Crippen LogP contribution in [0.25, 0.3) is 0 Å². The van der Waals surface area contributed by atoms with E-state index in [1.807, 2.05) is 12.1 Å². The Hall–Kier alpha value is -1.31. The van der Waals surface area contributed by atoms with Gasteiger partial charge < -0.3 is 20.3 Å². The van der Waals surface area contributed by atoms with Crippen molar-refractivity contribution in [2.45, 2.75) is 12.2 Å². The summed E-state index contributed by atoms with van der Waals surface area (Å²) >= 11 is 1.71. The Labute approximate surface area is 155 Å². The van der Waals surface area contributed by atoms with Gasteiger partial charge in [0.25, 0.3) is 0 Å². The number of likely N-dealkylation sites (N-methyl/N-ethyl adjacent to an activating group) is 1. The zero-order valence-electron chi connectivity index (χ0n) is 15.6. The Morgan fingerprint density at radius 1 is 1.24 bits per heavy atom. The summed E-state index contributed by atoms with van der Waals surface area (Å²) in [4.78, 5) is 6.48. The van der Waals surface area contributed by atoms with Gasteiger partial charge in [0.1, 0.15) is 5.82 Å². The van der Waals surface area contributed by atoms with E-state index in [1.165, 1.54) is 6.07 Å². The molecule has 0 heterocycles. The van der Waals surface area contributed by atoms with Crippen molar-refractivity contribution in [3.05, 3.63) is 35.6 Å². The molecule has 142 valence electrons. The highest BCUT2D eigenvalue weighted by Gasteiger charge is 2.02. The molecule has 0 fully saturated rings. The van der Waals surface area contributed by atoms with Gasteiger partial charge in [-0.3, -0.25) is 4.99 Å². The molecule has 0 saturated carbocycles. The van der Waals surface area contributed by atoms with E-state index < -0.39 is 0 Å². The molecule has 7 heteroatoms. The van der Waals surface area contributed by atoms with E-state index in [-0.39, 0.29) is 5.82 Å². The lowest BCUT2D eigenvalue weighted by Crippen LogP contribution is -2.41.